The van der Waals surface area contributed by atoms with Crippen LogP contribution >= 0.6 is 0 Å². The Balaban J connectivity index is 1.80. The molecule has 0 radical (unpaired) electrons. The Morgan fingerprint density at radius 3 is 3.18 bits per heavy atom. The third-order valence-electron chi connectivity index (χ3n) is 3.59. The van der Waals surface area contributed by atoms with Crippen LogP contribution in [0.2, 0.25) is 0 Å². The van der Waals surface area contributed by atoms with Gasteiger partial charge in [0.15, 0.2) is 0 Å². The van der Waals surface area contributed by atoms with Crippen LogP contribution in [0.4, 0.5) is 0 Å². The molecule has 3 rings (SSSR count). The van der Waals surface area contributed by atoms with E-state index in [-0.39, 0.29) is 0 Å². The first-order valence-corrected chi connectivity index (χ1v) is 6.46. The smallest absolute Gasteiger partial charge is 0.0704 e. The van der Waals surface area contributed by atoms with E-state index in [0.29, 0.717) is 0 Å². The van der Waals surface area contributed by atoms with Gasteiger partial charge in [-0.05, 0) is 56.0 Å². The minimum absolute atomic E-state index is 0.796. The second kappa shape index (κ2) is 4.84. The van der Waals surface area contributed by atoms with Crippen LogP contribution in [0, 0.1) is 5.92 Å². The molecule has 88 valence electrons. The zero-order valence-electron chi connectivity index (χ0n) is 10.0. The molecular weight excluding hydrogens is 208 g/mol. The summed E-state index contributed by atoms with van der Waals surface area (Å²) in [6.07, 6.45) is 5.72. The average Bonchev–Trinajstić information content (AvgIpc) is 2.40. The zero-order valence-corrected chi connectivity index (χ0v) is 10.0. The molecule has 1 aliphatic rings. The summed E-state index contributed by atoms with van der Waals surface area (Å²) in [6.45, 7) is 2.36. The van der Waals surface area contributed by atoms with Crippen LogP contribution in [0.1, 0.15) is 18.4 Å². The first-order chi connectivity index (χ1) is 8.42. The fourth-order valence-corrected chi connectivity index (χ4v) is 2.67. The van der Waals surface area contributed by atoms with E-state index in [9.17, 15) is 0 Å². The molecule has 1 N–H and O–H groups in total. The summed E-state index contributed by atoms with van der Waals surface area (Å²) in [7, 11) is 0. The molecule has 2 aromatic rings. The second-order valence-corrected chi connectivity index (χ2v) is 4.95. The number of aromatic nitrogens is 1. The molecule has 1 saturated heterocycles. The molecule has 1 aromatic heterocycles. The maximum Gasteiger partial charge on any atom is 0.0704 e. The number of fused-ring (bicyclic) bond motifs is 1. The highest BCUT2D eigenvalue weighted by atomic mass is 14.9. The molecule has 0 saturated carbocycles. The topological polar surface area (TPSA) is 24.9 Å². The highest BCUT2D eigenvalue weighted by Crippen LogP contribution is 2.19. The summed E-state index contributed by atoms with van der Waals surface area (Å²) in [6, 6.07) is 10.8. The van der Waals surface area contributed by atoms with Gasteiger partial charge in [0.05, 0.1) is 5.52 Å². The Hall–Kier alpha value is -1.41. The molecular formula is C15H18N2. The highest BCUT2D eigenvalue weighted by molar-refractivity contribution is 5.78. The minimum atomic E-state index is 0.796. The van der Waals surface area contributed by atoms with Crippen LogP contribution in [0.5, 0.6) is 0 Å². The zero-order chi connectivity index (χ0) is 11.5. The Kier molecular flexibility index (Phi) is 3.06. The molecule has 2 nitrogen and oxygen atoms in total. The van der Waals surface area contributed by atoms with Gasteiger partial charge in [0.1, 0.15) is 0 Å². The molecule has 0 amide bonds. The lowest BCUT2D eigenvalue weighted by Gasteiger charge is -2.22. The molecule has 1 aliphatic heterocycles. The van der Waals surface area contributed by atoms with Gasteiger partial charge in [-0.1, -0.05) is 18.2 Å². The Bertz CT molecular complexity index is 501. The molecule has 0 aliphatic carbocycles. The van der Waals surface area contributed by atoms with E-state index in [4.69, 9.17) is 0 Å². The van der Waals surface area contributed by atoms with E-state index < -0.39 is 0 Å². The monoisotopic (exact) mass is 226 g/mol. The van der Waals surface area contributed by atoms with Gasteiger partial charge in [0.2, 0.25) is 0 Å². The molecule has 0 bridgehead atoms. The average molecular weight is 226 g/mol. The van der Waals surface area contributed by atoms with Gasteiger partial charge in [0.25, 0.3) is 0 Å². The number of hydrogen-bond donors (Lipinski definition) is 1. The summed E-state index contributed by atoms with van der Waals surface area (Å²) in [5.74, 6) is 0.796. The van der Waals surface area contributed by atoms with E-state index in [0.717, 1.165) is 11.4 Å². The van der Waals surface area contributed by atoms with Gasteiger partial charge in [-0.2, -0.15) is 0 Å². The van der Waals surface area contributed by atoms with Crippen molar-refractivity contribution in [2.75, 3.05) is 13.1 Å². The van der Waals surface area contributed by atoms with Crippen LogP contribution in [0.3, 0.4) is 0 Å². The van der Waals surface area contributed by atoms with Gasteiger partial charge in [-0.15, -0.1) is 0 Å². The molecule has 1 aromatic carbocycles. The van der Waals surface area contributed by atoms with Crippen molar-refractivity contribution in [2.24, 2.45) is 5.92 Å². The van der Waals surface area contributed by atoms with Crippen molar-refractivity contribution in [1.82, 2.24) is 10.3 Å². The summed E-state index contributed by atoms with van der Waals surface area (Å²) < 4.78 is 0. The molecule has 0 spiro atoms. The molecule has 2 heteroatoms. The van der Waals surface area contributed by atoms with Gasteiger partial charge in [0, 0.05) is 11.6 Å². The van der Waals surface area contributed by atoms with Crippen molar-refractivity contribution in [3.8, 4) is 0 Å². The van der Waals surface area contributed by atoms with E-state index in [1.54, 1.807) is 0 Å². The fraction of sp³-hybridized carbons (Fsp3) is 0.400. The normalized spacial score (nSPS) is 20.6. The van der Waals surface area contributed by atoms with Gasteiger partial charge < -0.3 is 5.32 Å². The summed E-state index contributed by atoms with van der Waals surface area (Å²) in [4.78, 5) is 4.42. The number of piperidine rings is 1. The standard InChI is InChI=1S/C15H18N2/c1-3-13(11-16-7-1)9-12-5-6-14-4-2-8-17-15(14)10-12/h2,4-6,8,10,13,16H,1,3,7,9,11H2. The van der Waals surface area contributed by atoms with E-state index in [2.05, 4.69) is 34.6 Å². The lowest BCUT2D eigenvalue weighted by molar-refractivity contribution is 0.376. The van der Waals surface area contributed by atoms with E-state index >= 15 is 0 Å². The van der Waals surface area contributed by atoms with Crippen molar-refractivity contribution in [1.29, 1.82) is 0 Å². The van der Waals surface area contributed by atoms with Crippen molar-refractivity contribution in [3.63, 3.8) is 0 Å². The Morgan fingerprint density at radius 1 is 1.29 bits per heavy atom. The van der Waals surface area contributed by atoms with Gasteiger partial charge >= 0.3 is 0 Å². The fourth-order valence-electron chi connectivity index (χ4n) is 2.67. The number of rotatable bonds is 2. The first-order valence-electron chi connectivity index (χ1n) is 6.46. The van der Waals surface area contributed by atoms with Crippen LogP contribution in [-0.2, 0) is 6.42 Å². The molecule has 1 unspecified atom stereocenters. The quantitative estimate of drug-likeness (QED) is 0.851. The maximum absolute atomic E-state index is 4.42. The van der Waals surface area contributed by atoms with Crippen LogP contribution in [-0.4, -0.2) is 18.1 Å². The molecule has 2 heterocycles. The summed E-state index contributed by atoms with van der Waals surface area (Å²) in [5, 5.41) is 4.71. The number of nitrogens with zero attached hydrogens (tertiary/aromatic N) is 1. The van der Waals surface area contributed by atoms with Crippen molar-refractivity contribution in [2.45, 2.75) is 19.3 Å². The summed E-state index contributed by atoms with van der Waals surface area (Å²) in [5.41, 5.74) is 2.54. The van der Waals surface area contributed by atoms with E-state index in [1.165, 1.54) is 43.3 Å². The van der Waals surface area contributed by atoms with Crippen LogP contribution in [0.15, 0.2) is 36.5 Å². The minimum Gasteiger partial charge on any atom is -0.316 e. The van der Waals surface area contributed by atoms with Gasteiger partial charge in [-0.3, -0.25) is 4.98 Å². The largest absolute Gasteiger partial charge is 0.316 e. The van der Waals surface area contributed by atoms with Crippen LogP contribution < -0.4 is 5.32 Å². The van der Waals surface area contributed by atoms with E-state index in [1.807, 2.05) is 12.3 Å². The number of hydrogen-bond acceptors (Lipinski definition) is 2. The summed E-state index contributed by atoms with van der Waals surface area (Å²) >= 11 is 0. The van der Waals surface area contributed by atoms with Crippen molar-refractivity contribution in [3.05, 3.63) is 42.1 Å². The highest BCUT2D eigenvalue weighted by Gasteiger charge is 2.13. The third-order valence-corrected chi connectivity index (χ3v) is 3.59. The van der Waals surface area contributed by atoms with Crippen molar-refractivity contribution >= 4 is 10.9 Å². The Morgan fingerprint density at radius 2 is 2.29 bits per heavy atom. The van der Waals surface area contributed by atoms with Crippen LogP contribution in [0.25, 0.3) is 10.9 Å². The third kappa shape index (κ3) is 2.47. The predicted octanol–water partition coefficient (Wildman–Crippen LogP) is 2.78. The Labute approximate surface area is 102 Å². The predicted molar refractivity (Wildman–Crippen MR) is 71.0 cm³/mol. The number of pyridine rings is 1. The molecule has 1 fully saturated rings. The second-order valence-electron chi connectivity index (χ2n) is 4.95. The maximum atomic E-state index is 4.42. The number of nitrogens with one attached hydrogen (secondary N) is 1. The molecule has 1 atom stereocenters. The van der Waals surface area contributed by atoms with Gasteiger partial charge in [-0.25, -0.2) is 0 Å². The SMILES string of the molecule is c1cnc2cc(CC3CCCNC3)ccc2c1. The lowest BCUT2D eigenvalue weighted by atomic mass is 9.92. The lowest BCUT2D eigenvalue weighted by Crippen LogP contribution is -2.30. The first kappa shape index (κ1) is 10.7. The molecule has 17 heavy (non-hydrogen) atoms. The number of benzene rings is 1. The van der Waals surface area contributed by atoms with Crippen molar-refractivity contribution < 1.29 is 0 Å².